The van der Waals surface area contributed by atoms with Gasteiger partial charge >= 0.3 is 0 Å². The summed E-state index contributed by atoms with van der Waals surface area (Å²) in [7, 11) is 0. The summed E-state index contributed by atoms with van der Waals surface area (Å²) in [4.78, 5) is 38.9. The Hall–Kier alpha value is -3.78. The Morgan fingerprint density at radius 1 is 1.03 bits per heavy atom. The van der Waals surface area contributed by atoms with Crippen LogP contribution in [0.1, 0.15) is 23.2 Å². The number of hydrogen-bond donors (Lipinski definition) is 2. The molecule has 4 aromatic rings. The van der Waals surface area contributed by atoms with Gasteiger partial charge in [0.2, 0.25) is 5.91 Å². The number of carbonyl (C=O) groups is 2. The van der Waals surface area contributed by atoms with Gasteiger partial charge in [0.15, 0.2) is 0 Å². The zero-order valence-corrected chi connectivity index (χ0v) is 17.9. The van der Waals surface area contributed by atoms with Crippen molar-refractivity contribution in [1.29, 1.82) is 0 Å². The van der Waals surface area contributed by atoms with E-state index in [1.165, 1.54) is 16.0 Å². The lowest BCUT2D eigenvalue weighted by atomic mass is 10.1. The zero-order valence-electron chi connectivity index (χ0n) is 17.1. The van der Waals surface area contributed by atoms with Crippen molar-refractivity contribution in [3.8, 4) is 10.6 Å². The van der Waals surface area contributed by atoms with Crippen LogP contribution in [0.2, 0.25) is 0 Å². The minimum atomic E-state index is -0.397. The number of fused-ring (bicyclic) bond motifs is 1. The van der Waals surface area contributed by atoms with E-state index in [1.807, 2.05) is 29.6 Å². The molecule has 0 saturated heterocycles. The molecule has 0 aliphatic heterocycles. The van der Waals surface area contributed by atoms with E-state index in [9.17, 15) is 14.4 Å². The van der Waals surface area contributed by atoms with Crippen LogP contribution >= 0.6 is 11.3 Å². The van der Waals surface area contributed by atoms with Gasteiger partial charge < -0.3 is 10.6 Å². The van der Waals surface area contributed by atoms with Crippen molar-refractivity contribution in [2.45, 2.75) is 25.4 Å². The molecule has 0 radical (unpaired) electrons. The fourth-order valence-corrected chi connectivity index (χ4v) is 4.23. The van der Waals surface area contributed by atoms with Crippen molar-refractivity contribution in [3.05, 3.63) is 82.0 Å². The number of amides is 2. The summed E-state index contributed by atoms with van der Waals surface area (Å²) in [6.07, 6.45) is 2.01. The van der Waals surface area contributed by atoms with Crippen LogP contribution in [-0.2, 0) is 11.3 Å². The van der Waals surface area contributed by atoms with Crippen molar-refractivity contribution in [1.82, 2.24) is 15.1 Å². The molecule has 1 aliphatic rings. The van der Waals surface area contributed by atoms with Crippen LogP contribution in [0.25, 0.3) is 21.3 Å². The molecule has 1 fully saturated rings. The predicted molar refractivity (Wildman–Crippen MR) is 125 cm³/mol. The molecule has 0 bridgehead atoms. The second-order valence-corrected chi connectivity index (χ2v) is 8.66. The van der Waals surface area contributed by atoms with Gasteiger partial charge in [0.05, 0.1) is 10.3 Å². The van der Waals surface area contributed by atoms with E-state index >= 15 is 0 Å². The molecule has 5 rings (SSSR count). The summed E-state index contributed by atoms with van der Waals surface area (Å²) in [5, 5.41) is 13.4. The van der Waals surface area contributed by atoms with Crippen molar-refractivity contribution >= 4 is 39.6 Å². The van der Waals surface area contributed by atoms with E-state index in [4.69, 9.17) is 0 Å². The summed E-state index contributed by atoms with van der Waals surface area (Å²) in [6.45, 7) is -0.236. The number of nitrogens with one attached hydrogen (secondary N) is 2. The lowest BCUT2D eigenvalue weighted by Crippen LogP contribution is -2.30. The summed E-state index contributed by atoms with van der Waals surface area (Å²) < 4.78 is 1.19. The minimum absolute atomic E-state index is 0.156. The van der Waals surface area contributed by atoms with Crippen molar-refractivity contribution in [2.75, 3.05) is 5.32 Å². The minimum Gasteiger partial charge on any atom is -0.349 e. The van der Waals surface area contributed by atoms with Gasteiger partial charge in [0, 0.05) is 22.7 Å². The number of thiophene rings is 1. The number of anilines is 1. The molecule has 2 N–H and O–H groups in total. The van der Waals surface area contributed by atoms with Gasteiger partial charge in [-0.05, 0) is 48.6 Å². The van der Waals surface area contributed by atoms with Gasteiger partial charge in [-0.15, -0.1) is 11.3 Å². The van der Waals surface area contributed by atoms with Gasteiger partial charge in [-0.25, -0.2) is 4.68 Å². The largest absolute Gasteiger partial charge is 0.349 e. The summed E-state index contributed by atoms with van der Waals surface area (Å²) >= 11 is 1.52. The van der Waals surface area contributed by atoms with Gasteiger partial charge in [-0.1, -0.05) is 30.3 Å². The number of hydrogen-bond acceptors (Lipinski definition) is 5. The fraction of sp³-hybridized carbons (Fsp3) is 0.167. The molecule has 0 atom stereocenters. The first-order valence-corrected chi connectivity index (χ1v) is 11.2. The van der Waals surface area contributed by atoms with E-state index in [1.54, 1.807) is 36.4 Å². The van der Waals surface area contributed by atoms with Crippen LogP contribution in [0.4, 0.5) is 5.69 Å². The SMILES string of the molecule is O=C(Cn1nc(-c2cccs2)c2ccccc2c1=O)Nc1cccc(C(=O)NC2CC2)c1. The van der Waals surface area contributed by atoms with Gasteiger partial charge in [0.1, 0.15) is 12.2 Å². The number of benzene rings is 2. The highest BCUT2D eigenvalue weighted by molar-refractivity contribution is 7.13. The third-order valence-electron chi connectivity index (χ3n) is 5.24. The number of nitrogens with zero attached hydrogens (tertiary/aromatic N) is 2. The molecule has 2 aromatic carbocycles. The normalized spacial score (nSPS) is 13.1. The molecule has 160 valence electrons. The molecule has 0 unspecified atom stereocenters. The molecule has 2 aromatic heterocycles. The lowest BCUT2D eigenvalue weighted by Gasteiger charge is -2.11. The first kappa shape index (κ1) is 20.1. The van der Waals surface area contributed by atoms with Crippen LogP contribution in [0.3, 0.4) is 0 Å². The number of carbonyl (C=O) groups excluding carboxylic acids is 2. The Morgan fingerprint density at radius 2 is 1.84 bits per heavy atom. The van der Waals surface area contributed by atoms with Crippen LogP contribution in [0, 0.1) is 0 Å². The van der Waals surface area contributed by atoms with E-state index < -0.39 is 5.91 Å². The van der Waals surface area contributed by atoms with E-state index in [-0.39, 0.29) is 24.1 Å². The van der Waals surface area contributed by atoms with Crippen LogP contribution in [0.5, 0.6) is 0 Å². The van der Waals surface area contributed by atoms with Gasteiger partial charge in [-0.2, -0.15) is 5.10 Å². The molecule has 8 heteroatoms. The van der Waals surface area contributed by atoms with Gasteiger partial charge in [0.25, 0.3) is 11.5 Å². The van der Waals surface area contributed by atoms with Crippen LogP contribution in [-0.4, -0.2) is 27.6 Å². The molecular weight excluding hydrogens is 424 g/mol. The van der Waals surface area contributed by atoms with E-state index in [0.29, 0.717) is 22.3 Å². The molecule has 0 spiro atoms. The average molecular weight is 445 g/mol. The van der Waals surface area contributed by atoms with Crippen LogP contribution < -0.4 is 16.2 Å². The number of aromatic nitrogens is 2. The molecule has 2 amide bonds. The summed E-state index contributed by atoms with van der Waals surface area (Å²) in [5.41, 5.74) is 1.32. The monoisotopic (exact) mass is 444 g/mol. The first-order chi connectivity index (χ1) is 15.6. The quantitative estimate of drug-likeness (QED) is 0.475. The Balaban J connectivity index is 1.40. The van der Waals surface area contributed by atoms with E-state index in [2.05, 4.69) is 15.7 Å². The van der Waals surface area contributed by atoms with Crippen molar-refractivity contribution in [3.63, 3.8) is 0 Å². The summed E-state index contributed by atoms with van der Waals surface area (Å²) in [5.74, 6) is -0.552. The van der Waals surface area contributed by atoms with Crippen molar-refractivity contribution in [2.24, 2.45) is 0 Å². The topological polar surface area (TPSA) is 93.1 Å². The Bertz CT molecular complexity index is 1370. The Morgan fingerprint density at radius 3 is 2.59 bits per heavy atom. The van der Waals surface area contributed by atoms with Crippen LogP contribution in [0.15, 0.2) is 70.8 Å². The lowest BCUT2D eigenvalue weighted by molar-refractivity contribution is -0.117. The standard InChI is InChI=1S/C24H20N4O3S/c29-21(25-17-6-3-5-15(13-17)23(30)26-16-10-11-16)14-28-24(31)19-8-2-1-7-18(19)22(27-28)20-9-4-12-32-20/h1-9,12-13,16H,10-11,14H2,(H,25,29)(H,26,30). The smallest absolute Gasteiger partial charge is 0.275 e. The van der Waals surface area contributed by atoms with Gasteiger partial charge in [-0.3, -0.25) is 14.4 Å². The van der Waals surface area contributed by atoms with Crippen molar-refractivity contribution < 1.29 is 9.59 Å². The second-order valence-electron chi connectivity index (χ2n) is 7.71. The third-order valence-corrected chi connectivity index (χ3v) is 6.11. The average Bonchev–Trinajstić information content (AvgIpc) is 3.44. The Kier molecular flexibility index (Phi) is 5.28. The Labute approximate surface area is 187 Å². The predicted octanol–water partition coefficient (Wildman–Crippen LogP) is 3.66. The molecule has 1 aliphatic carbocycles. The fourth-order valence-electron chi connectivity index (χ4n) is 3.51. The second kappa shape index (κ2) is 8.39. The first-order valence-electron chi connectivity index (χ1n) is 10.3. The maximum atomic E-state index is 13.0. The maximum Gasteiger partial charge on any atom is 0.275 e. The maximum absolute atomic E-state index is 13.0. The molecule has 32 heavy (non-hydrogen) atoms. The third kappa shape index (κ3) is 4.17. The highest BCUT2D eigenvalue weighted by Gasteiger charge is 2.24. The molecule has 2 heterocycles. The highest BCUT2D eigenvalue weighted by Crippen LogP contribution is 2.28. The molecule has 1 saturated carbocycles. The number of rotatable bonds is 6. The highest BCUT2D eigenvalue weighted by atomic mass is 32.1. The zero-order chi connectivity index (χ0) is 22.1. The van der Waals surface area contributed by atoms with E-state index in [0.717, 1.165) is 23.1 Å². The molecular formula is C24H20N4O3S. The summed E-state index contributed by atoms with van der Waals surface area (Å²) in [6, 6.07) is 18.1. The molecule has 7 nitrogen and oxygen atoms in total.